The average molecular weight is 286 g/mol. The van der Waals surface area contributed by atoms with Crippen molar-refractivity contribution in [2.75, 3.05) is 5.23 Å². The number of para-hydroxylation sites is 1. The highest BCUT2D eigenvalue weighted by Gasteiger charge is 2.18. The Bertz CT molecular complexity index is 810. The van der Waals surface area contributed by atoms with Gasteiger partial charge in [-0.3, -0.25) is 4.68 Å². The molecule has 0 atom stereocenters. The largest absolute Gasteiger partial charge is 0.423 e. The van der Waals surface area contributed by atoms with E-state index in [2.05, 4.69) is 45.8 Å². The lowest BCUT2D eigenvalue weighted by Crippen LogP contribution is -2.31. The summed E-state index contributed by atoms with van der Waals surface area (Å²) in [5, 5.41) is 12.0. The third-order valence-electron chi connectivity index (χ3n) is 3.80. The zero-order valence-corrected chi connectivity index (χ0v) is 12.1. The molecular formula is C17H15BN4. The minimum Gasteiger partial charge on any atom is -0.423 e. The van der Waals surface area contributed by atoms with Crippen molar-refractivity contribution in [1.82, 2.24) is 15.0 Å². The van der Waals surface area contributed by atoms with E-state index >= 15 is 0 Å². The van der Waals surface area contributed by atoms with E-state index in [1.54, 1.807) is 0 Å². The Hall–Kier alpha value is -2.82. The van der Waals surface area contributed by atoms with Crippen molar-refractivity contribution >= 4 is 18.6 Å². The van der Waals surface area contributed by atoms with Crippen LogP contribution in [0.2, 0.25) is 0 Å². The van der Waals surface area contributed by atoms with Crippen molar-refractivity contribution in [3.63, 3.8) is 0 Å². The van der Waals surface area contributed by atoms with Crippen LogP contribution in [0.5, 0.6) is 0 Å². The van der Waals surface area contributed by atoms with E-state index in [9.17, 15) is 0 Å². The molecule has 2 aromatic carbocycles. The molecule has 2 heterocycles. The van der Waals surface area contributed by atoms with Gasteiger partial charge < -0.3 is 5.23 Å². The van der Waals surface area contributed by atoms with Crippen LogP contribution in [0, 0.1) is 0 Å². The van der Waals surface area contributed by atoms with E-state index in [4.69, 9.17) is 0 Å². The summed E-state index contributed by atoms with van der Waals surface area (Å²) in [6.07, 6.45) is 4.90. The normalized spacial score (nSPS) is 12.8. The van der Waals surface area contributed by atoms with E-state index in [0.717, 1.165) is 17.7 Å². The Labute approximate surface area is 129 Å². The molecule has 22 heavy (non-hydrogen) atoms. The van der Waals surface area contributed by atoms with Gasteiger partial charge in [-0.05, 0) is 11.6 Å². The molecule has 1 N–H and O–H groups in total. The summed E-state index contributed by atoms with van der Waals surface area (Å²) in [6, 6.07) is 18.4. The molecule has 0 saturated heterocycles. The molecule has 0 aliphatic carbocycles. The summed E-state index contributed by atoms with van der Waals surface area (Å²) >= 11 is 0. The van der Waals surface area contributed by atoms with Gasteiger partial charge in [0.1, 0.15) is 5.69 Å². The molecule has 4 nitrogen and oxygen atoms in total. The highest BCUT2D eigenvalue weighted by molar-refractivity contribution is 6.68. The molecule has 0 radical (unpaired) electrons. The molecule has 0 unspecified atom stereocenters. The standard InChI is InChI=1S/C17H15BN4/c1-2-6-14(7-3-1)17-12-22(21-20-17)13-18-11-10-15-8-4-5-9-16(15)19-18/h1-12,19H,13H2. The van der Waals surface area contributed by atoms with Crippen molar-refractivity contribution in [1.29, 1.82) is 0 Å². The minimum atomic E-state index is 0.222. The van der Waals surface area contributed by atoms with Crippen LogP contribution in [0.3, 0.4) is 0 Å². The van der Waals surface area contributed by atoms with Crippen LogP contribution in [0.25, 0.3) is 17.3 Å². The Morgan fingerprint density at radius 3 is 2.73 bits per heavy atom. The third kappa shape index (κ3) is 2.53. The van der Waals surface area contributed by atoms with Crippen molar-refractivity contribution < 1.29 is 0 Å². The minimum absolute atomic E-state index is 0.222. The summed E-state index contributed by atoms with van der Waals surface area (Å²) in [6.45, 7) is 0.222. The number of anilines is 1. The first kappa shape index (κ1) is 12.9. The second-order valence-electron chi connectivity index (χ2n) is 5.39. The van der Waals surface area contributed by atoms with Crippen LogP contribution in [0.4, 0.5) is 5.69 Å². The number of benzene rings is 2. The summed E-state index contributed by atoms with van der Waals surface area (Å²) in [5.74, 6) is 2.17. The highest BCUT2D eigenvalue weighted by atomic mass is 15.4. The van der Waals surface area contributed by atoms with Gasteiger partial charge in [-0.15, -0.1) is 5.10 Å². The van der Waals surface area contributed by atoms with Gasteiger partial charge in [0.25, 0.3) is 0 Å². The maximum Gasteiger partial charge on any atom is 0.301 e. The quantitative estimate of drug-likeness (QED) is 0.752. The number of nitrogens with one attached hydrogen (secondary N) is 1. The van der Waals surface area contributed by atoms with Gasteiger partial charge in [0.15, 0.2) is 0 Å². The smallest absolute Gasteiger partial charge is 0.301 e. The SMILES string of the molecule is C1=Cc2ccccc2NB1Cn1cc(-c2ccccc2)nn1. The zero-order chi connectivity index (χ0) is 14.8. The molecule has 0 fully saturated rings. The van der Waals surface area contributed by atoms with Crippen molar-refractivity contribution in [2.24, 2.45) is 0 Å². The summed E-state index contributed by atoms with van der Waals surface area (Å²) < 4.78 is 1.89. The Morgan fingerprint density at radius 2 is 1.82 bits per heavy atom. The number of nitrogens with zero attached hydrogens (tertiary/aromatic N) is 3. The molecule has 1 aliphatic heterocycles. The first-order chi connectivity index (χ1) is 10.9. The fourth-order valence-corrected chi connectivity index (χ4v) is 2.68. The van der Waals surface area contributed by atoms with E-state index < -0.39 is 0 Å². The monoisotopic (exact) mass is 286 g/mol. The molecule has 0 amide bonds. The average Bonchev–Trinajstić information content (AvgIpc) is 3.04. The Morgan fingerprint density at radius 1 is 1.00 bits per heavy atom. The number of rotatable bonds is 3. The maximum absolute atomic E-state index is 4.26. The van der Waals surface area contributed by atoms with Gasteiger partial charge in [-0.2, -0.15) is 0 Å². The van der Waals surface area contributed by atoms with Crippen LogP contribution < -0.4 is 5.23 Å². The van der Waals surface area contributed by atoms with Gasteiger partial charge >= 0.3 is 6.85 Å². The van der Waals surface area contributed by atoms with Crippen LogP contribution in [-0.4, -0.2) is 21.8 Å². The molecule has 0 bridgehead atoms. The topological polar surface area (TPSA) is 42.7 Å². The number of hydrogen-bond acceptors (Lipinski definition) is 3. The van der Waals surface area contributed by atoms with Gasteiger partial charge in [0.05, 0.1) is 6.20 Å². The van der Waals surface area contributed by atoms with Crippen molar-refractivity contribution in [3.8, 4) is 11.3 Å². The fourth-order valence-electron chi connectivity index (χ4n) is 2.68. The van der Waals surface area contributed by atoms with Crippen LogP contribution in [0.15, 0.2) is 66.8 Å². The van der Waals surface area contributed by atoms with E-state index in [0.29, 0.717) is 0 Å². The third-order valence-corrected chi connectivity index (χ3v) is 3.80. The van der Waals surface area contributed by atoms with E-state index in [1.807, 2.05) is 47.3 Å². The lowest BCUT2D eigenvalue weighted by Gasteiger charge is -2.19. The first-order valence-electron chi connectivity index (χ1n) is 7.38. The first-order valence-corrected chi connectivity index (χ1v) is 7.38. The summed E-state index contributed by atoms with van der Waals surface area (Å²) in [5.41, 5.74) is 4.38. The lowest BCUT2D eigenvalue weighted by molar-refractivity contribution is 0.688. The van der Waals surface area contributed by atoms with Crippen LogP contribution in [0.1, 0.15) is 5.56 Å². The summed E-state index contributed by atoms with van der Waals surface area (Å²) in [7, 11) is 0. The maximum atomic E-state index is 4.26. The second-order valence-corrected chi connectivity index (χ2v) is 5.39. The van der Waals surface area contributed by atoms with Crippen molar-refractivity contribution in [3.05, 3.63) is 72.3 Å². The molecular weight excluding hydrogens is 271 g/mol. The highest BCUT2D eigenvalue weighted by Crippen LogP contribution is 2.22. The predicted octanol–water partition coefficient (Wildman–Crippen LogP) is 3.15. The van der Waals surface area contributed by atoms with Gasteiger partial charge in [-0.25, -0.2) is 0 Å². The van der Waals surface area contributed by atoms with Crippen molar-refractivity contribution in [2.45, 2.75) is 6.44 Å². The zero-order valence-electron chi connectivity index (χ0n) is 12.1. The second kappa shape index (κ2) is 5.52. The molecule has 4 rings (SSSR count). The molecule has 3 aromatic rings. The van der Waals surface area contributed by atoms with Crippen LogP contribution >= 0.6 is 0 Å². The summed E-state index contributed by atoms with van der Waals surface area (Å²) in [4.78, 5) is 0. The Kier molecular flexibility index (Phi) is 3.24. The molecule has 106 valence electrons. The molecule has 1 aliphatic rings. The van der Waals surface area contributed by atoms with Gasteiger partial charge in [-0.1, -0.05) is 65.8 Å². The van der Waals surface area contributed by atoms with Gasteiger partial charge in [0, 0.05) is 17.7 Å². The van der Waals surface area contributed by atoms with Crippen LogP contribution in [-0.2, 0) is 6.44 Å². The molecule has 5 heteroatoms. The molecule has 1 aromatic heterocycles. The Balaban J connectivity index is 1.50. The van der Waals surface area contributed by atoms with E-state index in [-0.39, 0.29) is 6.85 Å². The number of hydrogen-bond donors (Lipinski definition) is 1. The molecule has 0 saturated carbocycles. The van der Waals surface area contributed by atoms with Gasteiger partial charge in [0.2, 0.25) is 0 Å². The number of aromatic nitrogens is 3. The van der Waals surface area contributed by atoms with E-state index in [1.165, 1.54) is 11.3 Å². The number of fused-ring (bicyclic) bond motifs is 1. The predicted molar refractivity (Wildman–Crippen MR) is 90.3 cm³/mol. The molecule has 0 spiro atoms. The fraction of sp³-hybridized carbons (Fsp3) is 0.0588. The lowest BCUT2D eigenvalue weighted by atomic mass is 9.60.